The molecule has 3 aromatic rings. The molecule has 1 N–H and O–H groups in total. The lowest BCUT2D eigenvalue weighted by molar-refractivity contribution is -0.113. The molecule has 1 aromatic heterocycles. The number of anilines is 1. The first-order chi connectivity index (χ1) is 13.9. The number of halogens is 1. The molecule has 1 aliphatic heterocycles. The Labute approximate surface area is 180 Å². The number of benzene rings is 2. The van der Waals surface area contributed by atoms with Crippen molar-refractivity contribution in [1.29, 1.82) is 0 Å². The van der Waals surface area contributed by atoms with E-state index in [4.69, 9.17) is 33.3 Å². The average molecular weight is 442 g/mol. The van der Waals surface area contributed by atoms with E-state index >= 15 is 0 Å². The van der Waals surface area contributed by atoms with Gasteiger partial charge in [-0.05, 0) is 60.7 Å². The summed E-state index contributed by atoms with van der Waals surface area (Å²) >= 11 is 12.4. The smallest absolute Gasteiger partial charge is 0.335 e. The highest BCUT2D eigenvalue weighted by Crippen LogP contribution is 2.36. The van der Waals surface area contributed by atoms with Gasteiger partial charge in [0.1, 0.15) is 11.5 Å². The van der Waals surface area contributed by atoms with Crippen LogP contribution in [0.15, 0.2) is 70.0 Å². The Kier molecular flexibility index (Phi) is 5.27. The van der Waals surface area contributed by atoms with Gasteiger partial charge >= 0.3 is 5.97 Å². The number of hydrogen-bond donors (Lipinski definition) is 1. The van der Waals surface area contributed by atoms with Crippen LogP contribution in [0.3, 0.4) is 0 Å². The van der Waals surface area contributed by atoms with Gasteiger partial charge in [-0.25, -0.2) is 4.79 Å². The van der Waals surface area contributed by atoms with Gasteiger partial charge in [0, 0.05) is 16.7 Å². The van der Waals surface area contributed by atoms with Gasteiger partial charge in [0.05, 0.1) is 16.2 Å². The van der Waals surface area contributed by atoms with Crippen molar-refractivity contribution in [2.75, 3.05) is 4.90 Å². The minimum absolute atomic E-state index is 0.139. The highest BCUT2D eigenvalue weighted by atomic mass is 35.5. The van der Waals surface area contributed by atoms with Crippen LogP contribution in [0.2, 0.25) is 5.02 Å². The zero-order valence-electron chi connectivity index (χ0n) is 14.7. The van der Waals surface area contributed by atoms with Crippen molar-refractivity contribution < 1.29 is 19.1 Å². The lowest BCUT2D eigenvalue weighted by Crippen LogP contribution is -2.27. The number of thioether (sulfide) groups is 1. The van der Waals surface area contributed by atoms with E-state index in [1.807, 2.05) is 18.2 Å². The molecule has 0 atom stereocenters. The maximum atomic E-state index is 12.8. The number of amides is 1. The van der Waals surface area contributed by atoms with Crippen molar-refractivity contribution in [3.05, 3.63) is 81.9 Å². The van der Waals surface area contributed by atoms with E-state index in [1.54, 1.807) is 36.4 Å². The molecule has 8 heteroatoms. The first-order valence-electron chi connectivity index (χ1n) is 8.39. The number of furan rings is 1. The maximum Gasteiger partial charge on any atom is 0.335 e. The minimum Gasteiger partial charge on any atom is -0.478 e. The largest absolute Gasteiger partial charge is 0.478 e. The van der Waals surface area contributed by atoms with Crippen molar-refractivity contribution in [2.24, 2.45) is 0 Å². The fourth-order valence-electron chi connectivity index (χ4n) is 2.77. The molecular formula is C21H12ClNO4S2. The molecule has 1 saturated heterocycles. The Bertz CT molecular complexity index is 1150. The van der Waals surface area contributed by atoms with Gasteiger partial charge in [-0.3, -0.25) is 9.69 Å². The van der Waals surface area contributed by atoms with Gasteiger partial charge in [0.15, 0.2) is 4.32 Å². The number of carbonyl (C=O) groups is 2. The number of carbonyl (C=O) groups excluding carboxylic acids is 1. The number of hydrogen-bond acceptors (Lipinski definition) is 5. The van der Waals surface area contributed by atoms with E-state index in [1.165, 1.54) is 17.0 Å². The summed E-state index contributed by atoms with van der Waals surface area (Å²) in [6.45, 7) is 0. The Hall–Kier alpha value is -2.87. The predicted octanol–water partition coefficient (Wildman–Crippen LogP) is 5.70. The number of rotatable bonds is 4. The Morgan fingerprint density at radius 2 is 1.76 bits per heavy atom. The molecule has 29 heavy (non-hydrogen) atoms. The Morgan fingerprint density at radius 3 is 2.41 bits per heavy atom. The minimum atomic E-state index is -1.03. The van der Waals surface area contributed by atoms with Gasteiger partial charge < -0.3 is 9.52 Å². The normalized spacial score (nSPS) is 15.3. The van der Waals surface area contributed by atoms with Gasteiger partial charge in [-0.15, -0.1) is 0 Å². The first kappa shape index (κ1) is 19.4. The summed E-state index contributed by atoms with van der Waals surface area (Å²) in [6.07, 6.45) is 1.64. The molecule has 144 valence electrons. The van der Waals surface area contributed by atoms with Crippen molar-refractivity contribution >= 4 is 63.5 Å². The summed E-state index contributed by atoms with van der Waals surface area (Å²) in [7, 11) is 0. The topological polar surface area (TPSA) is 70.8 Å². The SMILES string of the molecule is O=C(O)c1ccc(N2C(=O)/C(=C\c3ccc(-c4ccc(Cl)cc4)o3)SC2=S)cc1. The third kappa shape index (κ3) is 3.98. The summed E-state index contributed by atoms with van der Waals surface area (Å²) in [4.78, 5) is 25.6. The standard InChI is InChI=1S/C21H12ClNO4S2/c22-14-5-1-12(2-6-14)17-10-9-16(27-17)11-18-19(24)23(21(28)29-18)15-7-3-13(4-8-15)20(25)26/h1-11H,(H,25,26)/b18-11+. The van der Waals surface area contributed by atoms with Crippen LogP contribution in [0.25, 0.3) is 17.4 Å². The van der Waals surface area contributed by atoms with Crippen molar-refractivity contribution in [3.8, 4) is 11.3 Å². The van der Waals surface area contributed by atoms with Crippen molar-refractivity contribution in [3.63, 3.8) is 0 Å². The summed E-state index contributed by atoms with van der Waals surface area (Å²) in [5, 5.41) is 9.65. The molecule has 4 rings (SSSR count). The molecule has 1 amide bonds. The second kappa shape index (κ2) is 7.87. The van der Waals surface area contributed by atoms with E-state index < -0.39 is 5.97 Å². The zero-order chi connectivity index (χ0) is 20.5. The van der Waals surface area contributed by atoms with Crippen LogP contribution in [0.5, 0.6) is 0 Å². The maximum absolute atomic E-state index is 12.8. The molecule has 1 fully saturated rings. The first-order valence-corrected chi connectivity index (χ1v) is 10.00. The fourth-order valence-corrected chi connectivity index (χ4v) is 4.18. The Balaban J connectivity index is 1.58. The lowest BCUT2D eigenvalue weighted by atomic mass is 10.2. The second-order valence-electron chi connectivity index (χ2n) is 6.08. The average Bonchev–Trinajstić information content (AvgIpc) is 3.27. The molecule has 0 aliphatic carbocycles. The molecule has 2 heterocycles. The quantitative estimate of drug-likeness (QED) is 0.413. The fraction of sp³-hybridized carbons (Fsp3) is 0. The predicted molar refractivity (Wildman–Crippen MR) is 118 cm³/mol. The monoisotopic (exact) mass is 441 g/mol. The van der Waals surface area contributed by atoms with Crippen LogP contribution in [0, 0.1) is 0 Å². The molecule has 5 nitrogen and oxygen atoms in total. The van der Waals surface area contributed by atoms with Gasteiger partial charge in [0.25, 0.3) is 5.91 Å². The molecule has 2 aromatic carbocycles. The third-order valence-electron chi connectivity index (χ3n) is 4.20. The number of carboxylic acids is 1. The van der Waals surface area contributed by atoms with Gasteiger partial charge in [-0.1, -0.05) is 35.6 Å². The molecule has 0 spiro atoms. The highest BCUT2D eigenvalue weighted by Gasteiger charge is 2.33. The van der Waals surface area contributed by atoms with Crippen molar-refractivity contribution in [1.82, 2.24) is 0 Å². The number of carboxylic acid groups (broad SMARTS) is 1. The molecule has 0 saturated carbocycles. The number of nitrogens with zero attached hydrogens (tertiary/aromatic N) is 1. The van der Waals surface area contributed by atoms with E-state index in [0.29, 0.717) is 31.5 Å². The second-order valence-corrected chi connectivity index (χ2v) is 8.19. The van der Waals surface area contributed by atoms with Gasteiger partial charge in [0.2, 0.25) is 0 Å². The molecule has 0 bridgehead atoms. The van der Waals surface area contributed by atoms with Crippen LogP contribution < -0.4 is 4.90 Å². The van der Waals surface area contributed by atoms with Crippen LogP contribution in [-0.4, -0.2) is 21.3 Å². The summed E-state index contributed by atoms with van der Waals surface area (Å²) in [6, 6.07) is 16.8. The Morgan fingerprint density at radius 1 is 1.07 bits per heavy atom. The highest BCUT2D eigenvalue weighted by molar-refractivity contribution is 8.27. The van der Waals surface area contributed by atoms with Gasteiger partial charge in [-0.2, -0.15) is 0 Å². The van der Waals surface area contributed by atoms with Crippen LogP contribution in [0.4, 0.5) is 5.69 Å². The number of thiocarbonyl (C=S) groups is 1. The van der Waals surface area contributed by atoms with Crippen LogP contribution in [0.1, 0.15) is 16.1 Å². The van der Waals surface area contributed by atoms with Crippen molar-refractivity contribution in [2.45, 2.75) is 0 Å². The van der Waals surface area contributed by atoms with E-state index in [2.05, 4.69) is 0 Å². The third-order valence-corrected chi connectivity index (χ3v) is 5.75. The molecule has 0 radical (unpaired) electrons. The van der Waals surface area contributed by atoms with E-state index in [9.17, 15) is 9.59 Å². The number of aromatic carboxylic acids is 1. The summed E-state index contributed by atoms with van der Waals surface area (Å²) in [5.41, 5.74) is 1.53. The molecular weight excluding hydrogens is 430 g/mol. The summed E-state index contributed by atoms with van der Waals surface area (Å²) < 4.78 is 6.20. The van der Waals surface area contributed by atoms with Crippen LogP contribution in [-0.2, 0) is 4.79 Å². The van der Waals surface area contributed by atoms with Crippen LogP contribution >= 0.6 is 35.6 Å². The lowest BCUT2D eigenvalue weighted by Gasteiger charge is -2.14. The zero-order valence-corrected chi connectivity index (χ0v) is 17.1. The molecule has 0 unspecified atom stereocenters. The van der Waals surface area contributed by atoms with E-state index in [-0.39, 0.29) is 11.5 Å². The molecule has 1 aliphatic rings. The summed E-state index contributed by atoms with van der Waals surface area (Å²) in [5.74, 6) is -0.131. The van der Waals surface area contributed by atoms with E-state index in [0.717, 1.165) is 17.3 Å².